The van der Waals surface area contributed by atoms with Crippen molar-refractivity contribution in [3.63, 3.8) is 0 Å². The van der Waals surface area contributed by atoms with Crippen molar-refractivity contribution in [2.75, 3.05) is 13.2 Å². The number of carbonyl (C=O) groups excluding carboxylic acids is 2. The lowest BCUT2D eigenvalue weighted by Gasteiger charge is -2.13. The highest BCUT2D eigenvalue weighted by atomic mass is 16.6. The first-order valence-electron chi connectivity index (χ1n) is 7.35. The fraction of sp³-hybridized carbons (Fsp3) is 0.222. The molecule has 0 unspecified atom stereocenters. The van der Waals surface area contributed by atoms with Gasteiger partial charge < -0.3 is 14.2 Å². The lowest BCUT2D eigenvalue weighted by Crippen LogP contribution is -2.12. The van der Waals surface area contributed by atoms with Crippen molar-refractivity contribution >= 4 is 12.3 Å². The Kier molecular flexibility index (Phi) is 5.74. The highest BCUT2D eigenvalue weighted by Crippen LogP contribution is 2.30. The van der Waals surface area contributed by atoms with E-state index in [-0.39, 0.29) is 5.75 Å². The summed E-state index contributed by atoms with van der Waals surface area (Å²) in [6, 6.07) is 11.5. The van der Waals surface area contributed by atoms with E-state index in [2.05, 4.69) is 0 Å². The predicted molar refractivity (Wildman–Crippen MR) is 85.6 cm³/mol. The zero-order chi connectivity index (χ0) is 16.7. The number of para-hydroxylation sites is 1. The number of rotatable bonds is 7. The van der Waals surface area contributed by atoms with Gasteiger partial charge in [-0.1, -0.05) is 12.1 Å². The summed E-state index contributed by atoms with van der Waals surface area (Å²) in [6.07, 6.45) is 0.707. The van der Waals surface area contributed by atoms with E-state index >= 15 is 0 Å². The molecule has 0 bridgehead atoms. The van der Waals surface area contributed by atoms with Crippen molar-refractivity contribution in [1.29, 1.82) is 0 Å². The van der Waals surface area contributed by atoms with Crippen LogP contribution < -0.4 is 14.2 Å². The van der Waals surface area contributed by atoms with E-state index in [1.807, 2.05) is 13.8 Å². The van der Waals surface area contributed by atoms with Crippen LogP contribution in [0.3, 0.4) is 0 Å². The molecule has 0 aromatic heterocycles. The first-order chi connectivity index (χ1) is 11.2. The van der Waals surface area contributed by atoms with Crippen LogP contribution in [-0.4, -0.2) is 25.5 Å². The average Bonchev–Trinajstić information content (AvgIpc) is 2.57. The van der Waals surface area contributed by atoms with Crippen molar-refractivity contribution in [2.24, 2.45) is 0 Å². The first kappa shape index (κ1) is 16.5. The second-order valence-electron chi connectivity index (χ2n) is 4.58. The Morgan fingerprint density at radius 3 is 2.35 bits per heavy atom. The zero-order valence-electron chi connectivity index (χ0n) is 13.1. The number of benzene rings is 2. The molecule has 0 heterocycles. The normalized spacial score (nSPS) is 10.0. The van der Waals surface area contributed by atoms with Crippen LogP contribution in [0.25, 0.3) is 0 Å². The van der Waals surface area contributed by atoms with Gasteiger partial charge in [0, 0.05) is 5.56 Å². The van der Waals surface area contributed by atoms with E-state index in [0.29, 0.717) is 42.1 Å². The molecule has 0 aliphatic carbocycles. The molecule has 120 valence electrons. The Morgan fingerprint density at radius 1 is 0.957 bits per heavy atom. The molecule has 0 spiro atoms. The smallest absolute Gasteiger partial charge is 0.347 e. The molecule has 0 aliphatic rings. The Bertz CT molecular complexity index is 694. The number of esters is 1. The molecular weight excluding hydrogens is 296 g/mol. The van der Waals surface area contributed by atoms with Crippen molar-refractivity contribution < 1.29 is 23.8 Å². The summed E-state index contributed by atoms with van der Waals surface area (Å²) in [5.74, 6) is 0.518. The Labute approximate surface area is 134 Å². The first-order valence-corrected chi connectivity index (χ1v) is 7.35. The maximum absolute atomic E-state index is 12.4. The molecule has 0 saturated carbocycles. The molecule has 23 heavy (non-hydrogen) atoms. The topological polar surface area (TPSA) is 61.8 Å². The van der Waals surface area contributed by atoms with Crippen molar-refractivity contribution in [3.05, 3.63) is 53.6 Å². The van der Waals surface area contributed by atoms with Gasteiger partial charge >= 0.3 is 5.97 Å². The van der Waals surface area contributed by atoms with Crippen LogP contribution in [0.5, 0.6) is 17.2 Å². The number of hydrogen-bond acceptors (Lipinski definition) is 5. The molecule has 5 nitrogen and oxygen atoms in total. The quantitative estimate of drug-likeness (QED) is 0.444. The number of carbonyl (C=O) groups is 2. The van der Waals surface area contributed by atoms with Crippen LogP contribution in [-0.2, 0) is 0 Å². The van der Waals surface area contributed by atoms with Crippen LogP contribution in [0.2, 0.25) is 0 Å². The van der Waals surface area contributed by atoms with E-state index in [9.17, 15) is 9.59 Å². The highest BCUT2D eigenvalue weighted by molar-refractivity contribution is 5.94. The van der Waals surface area contributed by atoms with Crippen molar-refractivity contribution in [3.8, 4) is 17.2 Å². The van der Waals surface area contributed by atoms with Gasteiger partial charge in [0.1, 0.15) is 17.6 Å². The third kappa shape index (κ3) is 4.10. The molecule has 0 amide bonds. The molecule has 0 N–H and O–H groups in total. The van der Waals surface area contributed by atoms with Crippen LogP contribution in [0.15, 0.2) is 42.5 Å². The molecule has 0 radical (unpaired) electrons. The van der Waals surface area contributed by atoms with Gasteiger partial charge in [0.25, 0.3) is 0 Å². The standard InChI is InChI=1S/C18H18O5/c1-3-21-15-8-6-5-7-14(15)18(20)23-16-10-9-13(12-19)11-17(16)22-4-2/h5-12H,3-4H2,1-2H3. The predicted octanol–water partition coefficient (Wildman–Crippen LogP) is 3.52. The van der Waals surface area contributed by atoms with Crippen LogP contribution in [0, 0.1) is 0 Å². The zero-order valence-corrected chi connectivity index (χ0v) is 13.1. The van der Waals surface area contributed by atoms with Crippen molar-refractivity contribution in [1.82, 2.24) is 0 Å². The van der Waals surface area contributed by atoms with Crippen LogP contribution in [0.4, 0.5) is 0 Å². The number of hydrogen-bond donors (Lipinski definition) is 0. The third-order valence-corrected chi connectivity index (χ3v) is 3.01. The molecular formula is C18H18O5. The summed E-state index contributed by atoms with van der Waals surface area (Å²) >= 11 is 0. The van der Waals surface area contributed by atoms with Crippen LogP contribution in [0.1, 0.15) is 34.6 Å². The van der Waals surface area contributed by atoms with Gasteiger partial charge in [-0.2, -0.15) is 0 Å². The van der Waals surface area contributed by atoms with Gasteiger partial charge in [0.05, 0.1) is 13.2 Å². The van der Waals surface area contributed by atoms with Crippen molar-refractivity contribution in [2.45, 2.75) is 13.8 Å². The summed E-state index contributed by atoms with van der Waals surface area (Å²) < 4.78 is 16.3. The lowest BCUT2D eigenvalue weighted by atomic mass is 10.2. The summed E-state index contributed by atoms with van der Waals surface area (Å²) in [4.78, 5) is 23.2. The van der Waals surface area contributed by atoms with E-state index in [4.69, 9.17) is 14.2 Å². The Morgan fingerprint density at radius 2 is 1.65 bits per heavy atom. The van der Waals surface area contributed by atoms with E-state index < -0.39 is 5.97 Å². The van der Waals surface area contributed by atoms with Gasteiger partial charge in [-0.25, -0.2) is 4.79 Å². The molecule has 2 rings (SSSR count). The number of aldehydes is 1. The second kappa shape index (κ2) is 7.98. The summed E-state index contributed by atoms with van der Waals surface area (Å²) in [5.41, 5.74) is 0.777. The van der Waals surface area contributed by atoms with Gasteiger partial charge in [-0.3, -0.25) is 4.79 Å². The van der Waals surface area contributed by atoms with Gasteiger partial charge in [0.15, 0.2) is 11.5 Å². The van der Waals surface area contributed by atoms with E-state index in [1.165, 1.54) is 12.1 Å². The maximum Gasteiger partial charge on any atom is 0.347 e. The molecule has 0 saturated heterocycles. The third-order valence-electron chi connectivity index (χ3n) is 3.01. The SMILES string of the molecule is CCOc1cc(C=O)ccc1OC(=O)c1ccccc1OCC. The summed E-state index contributed by atoms with van der Waals surface area (Å²) in [5, 5.41) is 0. The fourth-order valence-electron chi connectivity index (χ4n) is 2.02. The van der Waals surface area contributed by atoms with Crippen LogP contribution >= 0.6 is 0 Å². The Balaban J connectivity index is 2.28. The second-order valence-corrected chi connectivity index (χ2v) is 4.58. The average molecular weight is 314 g/mol. The number of ether oxygens (including phenoxy) is 3. The van der Waals surface area contributed by atoms with Gasteiger partial charge in [-0.05, 0) is 44.2 Å². The van der Waals surface area contributed by atoms with E-state index in [0.717, 1.165) is 0 Å². The van der Waals surface area contributed by atoms with E-state index in [1.54, 1.807) is 30.3 Å². The molecule has 0 atom stereocenters. The molecule has 2 aromatic rings. The minimum atomic E-state index is -0.547. The highest BCUT2D eigenvalue weighted by Gasteiger charge is 2.17. The van der Waals surface area contributed by atoms with Gasteiger partial charge in [-0.15, -0.1) is 0 Å². The molecule has 0 fully saturated rings. The minimum absolute atomic E-state index is 0.258. The summed E-state index contributed by atoms with van der Waals surface area (Å²) in [6.45, 7) is 4.49. The monoisotopic (exact) mass is 314 g/mol. The Hall–Kier alpha value is -2.82. The summed E-state index contributed by atoms with van der Waals surface area (Å²) in [7, 11) is 0. The van der Waals surface area contributed by atoms with Gasteiger partial charge in [0.2, 0.25) is 0 Å². The molecule has 5 heteroatoms. The minimum Gasteiger partial charge on any atom is -0.493 e. The molecule has 0 aliphatic heterocycles. The fourth-order valence-corrected chi connectivity index (χ4v) is 2.02. The largest absolute Gasteiger partial charge is 0.493 e. The molecule has 2 aromatic carbocycles. The maximum atomic E-state index is 12.4. The lowest BCUT2D eigenvalue weighted by molar-refractivity contribution is 0.0724.